The average molecular weight is 345 g/mol. The summed E-state index contributed by atoms with van der Waals surface area (Å²) in [6.07, 6.45) is 6.55. The molecule has 0 amide bonds. The molecule has 0 saturated carbocycles. The van der Waals surface area contributed by atoms with E-state index in [-0.39, 0.29) is 5.56 Å². The molecule has 4 rings (SSSR count). The molecule has 0 spiro atoms. The highest BCUT2D eigenvalue weighted by atomic mass is 32.1. The number of aryl methyl sites for hydroxylation is 3. The molecule has 6 nitrogen and oxygen atoms in total. The van der Waals surface area contributed by atoms with Gasteiger partial charge in [0.1, 0.15) is 5.01 Å². The Morgan fingerprint density at radius 3 is 2.75 bits per heavy atom. The van der Waals surface area contributed by atoms with Crippen molar-refractivity contribution in [2.24, 2.45) is 5.92 Å². The van der Waals surface area contributed by atoms with E-state index in [1.54, 1.807) is 16.0 Å². The van der Waals surface area contributed by atoms with Crippen LogP contribution in [0.1, 0.15) is 41.9 Å². The molecule has 2 aliphatic rings. The second-order valence-corrected chi connectivity index (χ2v) is 8.04. The van der Waals surface area contributed by atoms with Crippen LogP contribution in [0.2, 0.25) is 0 Å². The zero-order valence-electron chi connectivity index (χ0n) is 14.1. The van der Waals surface area contributed by atoms with Crippen molar-refractivity contribution in [3.05, 3.63) is 32.7 Å². The van der Waals surface area contributed by atoms with Crippen molar-refractivity contribution in [1.82, 2.24) is 20.0 Å². The van der Waals surface area contributed by atoms with Crippen molar-refractivity contribution >= 4 is 16.5 Å². The highest BCUT2D eigenvalue weighted by Crippen LogP contribution is 2.26. The van der Waals surface area contributed by atoms with Gasteiger partial charge in [0.15, 0.2) is 0 Å². The van der Waals surface area contributed by atoms with E-state index in [0.717, 1.165) is 61.2 Å². The molecule has 128 valence electrons. The third-order valence-corrected chi connectivity index (χ3v) is 6.00. The highest BCUT2D eigenvalue weighted by molar-refractivity contribution is 7.15. The second kappa shape index (κ2) is 6.63. The number of anilines is 1. The second-order valence-electron chi connectivity index (χ2n) is 6.88. The Labute approximate surface area is 145 Å². The summed E-state index contributed by atoms with van der Waals surface area (Å²) < 4.78 is 1.71. The van der Waals surface area contributed by atoms with Crippen molar-refractivity contribution < 1.29 is 0 Å². The van der Waals surface area contributed by atoms with E-state index in [1.807, 2.05) is 13.0 Å². The van der Waals surface area contributed by atoms with Gasteiger partial charge in [0.2, 0.25) is 5.13 Å². The van der Waals surface area contributed by atoms with E-state index >= 15 is 0 Å². The van der Waals surface area contributed by atoms with Crippen LogP contribution in [-0.4, -0.2) is 33.1 Å². The Morgan fingerprint density at radius 2 is 2.00 bits per heavy atom. The molecule has 0 radical (unpaired) electrons. The van der Waals surface area contributed by atoms with Crippen molar-refractivity contribution in [1.29, 1.82) is 0 Å². The molecule has 1 aliphatic heterocycles. The third kappa shape index (κ3) is 3.22. The molecule has 0 unspecified atom stereocenters. The third-order valence-electron chi connectivity index (χ3n) is 5.11. The summed E-state index contributed by atoms with van der Waals surface area (Å²) >= 11 is 1.65. The van der Waals surface area contributed by atoms with Crippen LogP contribution in [0.15, 0.2) is 10.9 Å². The van der Waals surface area contributed by atoms with Gasteiger partial charge in [0, 0.05) is 25.7 Å². The maximum atomic E-state index is 12.3. The van der Waals surface area contributed by atoms with Crippen LogP contribution in [-0.2, 0) is 19.4 Å². The van der Waals surface area contributed by atoms with Crippen molar-refractivity contribution in [2.45, 2.75) is 52.0 Å². The monoisotopic (exact) mass is 345 g/mol. The molecular formula is C17H23N5OS. The van der Waals surface area contributed by atoms with Gasteiger partial charge in [0.25, 0.3) is 5.56 Å². The highest BCUT2D eigenvalue weighted by Gasteiger charge is 2.23. The summed E-state index contributed by atoms with van der Waals surface area (Å²) in [5.41, 5.74) is 2.38. The normalized spacial score (nSPS) is 18.6. The Balaban J connectivity index is 1.41. The smallest absolute Gasteiger partial charge is 0.267 e. The first-order valence-corrected chi connectivity index (χ1v) is 9.65. The number of fused-ring (bicyclic) bond motifs is 1. The number of aromatic nitrogens is 4. The Kier molecular flexibility index (Phi) is 4.35. The molecule has 1 fully saturated rings. The Hall–Kier alpha value is -1.76. The van der Waals surface area contributed by atoms with E-state index in [2.05, 4.69) is 20.2 Å². The molecule has 1 saturated heterocycles. The van der Waals surface area contributed by atoms with Crippen LogP contribution < -0.4 is 10.5 Å². The maximum Gasteiger partial charge on any atom is 0.267 e. The van der Waals surface area contributed by atoms with Gasteiger partial charge in [-0.3, -0.25) is 4.79 Å². The molecule has 0 atom stereocenters. The van der Waals surface area contributed by atoms with Gasteiger partial charge in [-0.2, -0.15) is 5.10 Å². The van der Waals surface area contributed by atoms with E-state index in [0.29, 0.717) is 5.92 Å². The fraction of sp³-hybridized carbons (Fsp3) is 0.647. The fourth-order valence-electron chi connectivity index (χ4n) is 3.70. The molecule has 3 heterocycles. The SMILES string of the molecule is Cc1nnc(N2CCC(Cn3nc4c(cc3=O)CCCC4)CC2)s1. The zero-order chi connectivity index (χ0) is 16.5. The molecule has 0 N–H and O–H groups in total. The summed E-state index contributed by atoms with van der Waals surface area (Å²) in [6, 6.07) is 1.82. The Bertz CT molecular complexity index is 776. The summed E-state index contributed by atoms with van der Waals surface area (Å²) in [5.74, 6) is 0.516. The van der Waals surface area contributed by atoms with Crippen LogP contribution in [0.5, 0.6) is 0 Å². The van der Waals surface area contributed by atoms with Crippen LogP contribution in [0.4, 0.5) is 5.13 Å². The fourth-order valence-corrected chi connectivity index (χ4v) is 4.44. The van der Waals surface area contributed by atoms with E-state index in [1.165, 1.54) is 18.4 Å². The molecule has 24 heavy (non-hydrogen) atoms. The van der Waals surface area contributed by atoms with Gasteiger partial charge in [-0.05, 0) is 56.9 Å². The first-order chi connectivity index (χ1) is 11.7. The predicted molar refractivity (Wildman–Crippen MR) is 94.7 cm³/mol. The van der Waals surface area contributed by atoms with E-state index in [9.17, 15) is 4.79 Å². The number of rotatable bonds is 3. The van der Waals surface area contributed by atoms with Crippen LogP contribution in [0.3, 0.4) is 0 Å². The zero-order valence-corrected chi connectivity index (χ0v) is 14.9. The summed E-state index contributed by atoms with van der Waals surface area (Å²) in [7, 11) is 0. The molecular weight excluding hydrogens is 322 g/mol. The lowest BCUT2D eigenvalue weighted by Crippen LogP contribution is -2.37. The first-order valence-electron chi connectivity index (χ1n) is 8.84. The van der Waals surface area contributed by atoms with Gasteiger partial charge in [-0.25, -0.2) is 4.68 Å². The molecule has 2 aromatic heterocycles. The number of hydrogen-bond donors (Lipinski definition) is 0. The van der Waals surface area contributed by atoms with Gasteiger partial charge in [-0.1, -0.05) is 11.3 Å². The van der Waals surface area contributed by atoms with Crippen molar-refractivity contribution in [2.75, 3.05) is 18.0 Å². The minimum atomic E-state index is 0.0674. The summed E-state index contributed by atoms with van der Waals surface area (Å²) in [5, 5.41) is 15.0. The lowest BCUT2D eigenvalue weighted by atomic mass is 9.96. The predicted octanol–water partition coefficient (Wildman–Crippen LogP) is 2.20. The molecule has 7 heteroatoms. The number of piperidine rings is 1. The quantitative estimate of drug-likeness (QED) is 0.853. The van der Waals surface area contributed by atoms with Gasteiger partial charge < -0.3 is 4.90 Å². The van der Waals surface area contributed by atoms with Crippen molar-refractivity contribution in [3.8, 4) is 0 Å². The Morgan fingerprint density at radius 1 is 1.21 bits per heavy atom. The first kappa shape index (κ1) is 15.7. The van der Waals surface area contributed by atoms with Gasteiger partial charge in [-0.15, -0.1) is 10.2 Å². The molecule has 0 aromatic carbocycles. The van der Waals surface area contributed by atoms with Crippen LogP contribution >= 0.6 is 11.3 Å². The van der Waals surface area contributed by atoms with Crippen molar-refractivity contribution in [3.63, 3.8) is 0 Å². The van der Waals surface area contributed by atoms with Gasteiger partial charge >= 0.3 is 0 Å². The largest absolute Gasteiger partial charge is 0.347 e. The number of nitrogens with zero attached hydrogens (tertiary/aromatic N) is 5. The molecule has 2 aromatic rings. The minimum Gasteiger partial charge on any atom is -0.347 e. The topological polar surface area (TPSA) is 63.9 Å². The lowest BCUT2D eigenvalue weighted by Gasteiger charge is -2.31. The average Bonchev–Trinajstić information content (AvgIpc) is 3.03. The lowest BCUT2D eigenvalue weighted by molar-refractivity contribution is 0.332. The minimum absolute atomic E-state index is 0.0674. The number of hydrogen-bond acceptors (Lipinski definition) is 6. The van der Waals surface area contributed by atoms with E-state index in [4.69, 9.17) is 0 Å². The summed E-state index contributed by atoms with van der Waals surface area (Å²) in [4.78, 5) is 14.6. The van der Waals surface area contributed by atoms with Gasteiger partial charge in [0.05, 0.1) is 5.69 Å². The summed E-state index contributed by atoms with van der Waals surface area (Å²) in [6.45, 7) is 4.70. The van der Waals surface area contributed by atoms with E-state index < -0.39 is 0 Å². The molecule has 0 bridgehead atoms. The molecule has 1 aliphatic carbocycles. The van der Waals surface area contributed by atoms with Crippen LogP contribution in [0.25, 0.3) is 0 Å². The van der Waals surface area contributed by atoms with Crippen LogP contribution in [0, 0.1) is 12.8 Å². The maximum absolute atomic E-state index is 12.3. The standard InChI is InChI=1S/C17H23N5OS/c1-12-18-19-17(24-12)21-8-6-13(7-9-21)11-22-16(23)10-14-4-2-3-5-15(14)20-22/h10,13H,2-9,11H2,1H3.